The number of benzene rings is 2. The van der Waals surface area contributed by atoms with Crippen molar-refractivity contribution in [3.8, 4) is 23.0 Å². The molecule has 1 unspecified atom stereocenters. The lowest BCUT2D eigenvalue weighted by Gasteiger charge is -2.29. The molecular weight excluding hydrogens is 1080 g/mol. The molecule has 1 saturated carbocycles. The van der Waals surface area contributed by atoms with E-state index in [0.717, 1.165) is 36.6 Å². The van der Waals surface area contributed by atoms with E-state index in [2.05, 4.69) is 37.7 Å². The zero-order valence-corrected chi connectivity index (χ0v) is 42.1. The molecule has 0 radical (unpaired) electrons. The number of halogens is 11. The number of sulfone groups is 1. The molecule has 2 aromatic carbocycles. The van der Waals surface area contributed by atoms with Crippen molar-refractivity contribution in [2.24, 2.45) is 11.3 Å². The molecule has 29 heteroatoms. The lowest BCUT2D eigenvalue weighted by Crippen LogP contribution is -2.39. The molecule has 2 aliphatic carbocycles. The summed E-state index contributed by atoms with van der Waals surface area (Å²) in [5.74, 6) is -6.19. The Bertz CT molecular complexity index is 3330. The number of hydrogen-bond donors (Lipinski definition) is 3. The molecule has 3 heterocycles. The molecule has 0 saturated heterocycles. The molecule has 5 aromatic rings. The second kappa shape index (κ2) is 20.0. The Morgan fingerprint density at radius 3 is 2.23 bits per heavy atom. The van der Waals surface area contributed by atoms with Crippen LogP contribution in [-0.2, 0) is 68.8 Å². The van der Waals surface area contributed by atoms with Crippen LogP contribution in [0.4, 0.5) is 48.7 Å². The van der Waals surface area contributed by atoms with Crippen molar-refractivity contribution in [2.75, 3.05) is 12.8 Å². The molecule has 404 valence electrons. The summed E-state index contributed by atoms with van der Waals surface area (Å²) in [5.41, 5.74) is -7.36. The van der Waals surface area contributed by atoms with Gasteiger partial charge in [0.25, 0.3) is 5.92 Å². The minimum absolute atomic E-state index is 0.193. The summed E-state index contributed by atoms with van der Waals surface area (Å²) in [6.07, 6.45) is -12.5. The van der Waals surface area contributed by atoms with Crippen molar-refractivity contribution >= 4 is 61.5 Å². The van der Waals surface area contributed by atoms with Crippen LogP contribution in [0, 0.1) is 34.8 Å². The molecule has 4 atom stereocenters. The molecule has 0 spiro atoms. The van der Waals surface area contributed by atoms with Gasteiger partial charge in [-0.2, -0.15) is 45.3 Å². The number of amides is 3. The van der Waals surface area contributed by atoms with Crippen LogP contribution in [0.3, 0.4) is 0 Å². The molecule has 7 rings (SSSR count). The van der Waals surface area contributed by atoms with Crippen molar-refractivity contribution in [2.45, 2.75) is 102 Å². The number of nitrogens with one attached hydrogen (secondary N) is 2. The number of rotatable bonds is 16. The maximum atomic E-state index is 15.6. The summed E-state index contributed by atoms with van der Waals surface area (Å²) in [6.45, 7) is 0.735. The second-order valence-corrected chi connectivity index (χ2v) is 23.1. The molecule has 75 heavy (non-hydrogen) atoms. The molecule has 2 aliphatic rings. The predicted octanol–water partition coefficient (Wildman–Crippen LogP) is 8.10. The minimum Gasteiger partial charge on any atom is -0.755 e. The molecule has 3 N–H and O–H groups in total. The van der Waals surface area contributed by atoms with Crippen molar-refractivity contribution in [1.29, 1.82) is 0 Å². The summed E-state index contributed by atoms with van der Waals surface area (Å²) in [6, 6.07) is 4.95. The Morgan fingerprint density at radius 2 is 1.64 bits per heavy atom. The van der Waals surface area contributed by atoms with Crippen LogP contribution >= 0.6 is 11.6 Å². The number of carboxylic acid groups (broad SMARTS) is 1. The molecule has 16 nitrogen and oxygen atoms in total. The zero-order chi connectivity index (χ0) is 55.7. The molecule has 0 aliphatic heterocycles. The van der Waals surface area contributed by atoms with E-state index in [1.165, 1.54) is 33.8 Å². The number of hydrogen-bond acceptors (Lipinski definition) is 10. The predicted molar refractivity (Wildman–Crippen MR) is 247 cm³/mol. The van der Waals surface area contributed by atoms with Gasteiger partial charge in [-0.05, 0) is 79.8 Å². The van der Waals surface area contributed by atoms with Gasteiger partial charge in [0.05, 0.1) is 45.8 Å². The van der Waals surface area contributed by atoms with E-state index >= 15 is 8.78 Å². The molecular formula is C46H42ClF10N8O8S2-. The van der Waals surface area contributed by atoms with E-state index in [0.29, 0.717) is 10.7 Å². The van der Waals surface area contributed by atoms with Gasteiger partial charge in [0.2, 0.25) is 11.8 Å². The lowest BCUT2D eigenvalue weighted by molar-refractivity contribution is -0.143. The van der Waals surface area contributed by atoms with Crippen LogP contribution in [-0.4, -0.2) is 92.8 Å². The summed E-state index contributed by atoms with van der Waals surface area (Å²) < 4.78 is 197. The molecule has 0 bridgehead atoms. The Balaban J connectivity index is 1.43. The van der Waals surface area contributed by atoms with E-state index in [4.69, 9.17) is 16.7 Å². The fourth-order valence-corrected chi connectivity index (χ4v) is 9.65. The monoisotopic (exact) mass is 1120 g/mol. The highest BCUT2D eigenvalue weighted by Crippen LogP contribution is 2.68. The first-order valence-electron chi connectivity index (χ1n) is 22.1. The number of carbonyl (C=O) groups excluding carboxylic acids is 2. The van der Waals surface area contributed by atoms with Gasteiger partial charge in [-0.15, -0.1) is 0 Å². The largest absolute Gasteiger partial charge is 0.755 e. The fourth-order valence-electron chi connectivity index (χ4n) is 8.70. The van der Waals surface area contributed by atoms with Crippen molar-refractivity contribution in [1.82, 2.24) is 39.5 Å². The minimum atomic E-state index is -5.23. The van der Waals surface area contributed by atoms with Crippen LogP contribution in [0.25, 0.3) is 22.0 Å². The first-order chi connectivity index (χ1) is 34.5. The van der Waals surface area contributed by atoms with Gasteiger partial charge in [0.15, 0.2) is 15.5 Å². The number of nitrogens with zero attached hydrogens (tertiary/aromatic N) is 6. The Labute approximate surface area is 427 Å². The number of aromatic nitrogens is 5. The van der Waals surface area contributed by atoms with Gasteiger partial charge in [-0.1, -0.05) is 37.4 Å². The van der Waals surface area contributed by atoms with Gasteiger partial charge in [0.1, 0.15) is 40.9 Å². The Kier molecular flexibility index (Phi) is 15.0. The van der Waals surface area contributed by atoms with Gasteiger partial charge < -0.3 is 20.3 Å². The topological polar surface area (TPSA) is 222 Å². The first kappa shape index (κ1) is 56.4. The van der Waals surface area contributed by atoms with Crippen LogP contribution in [0.15, 0.2) is 42.5 Å². The van der Waals surface area contributed by atoms with E-state index in [-0.39, 0.29) is 54.7 Å². The summed E-state index contributed by atoms with van der Waals surface area (Å²) in [7, 11) is -3.91. The average molecular weight is 1120 g/mol. The highest BCUT2D eigenvalue weighted by atomic mass is 35.5. The normalized spacial score (nSPS) is 17.1. The fraction of sp³-hybridized carbons (Fsp3) is 0.435. The lowest BCUT2D eigenvalue weighted by atomic mass is 9.89. The standard InChI is InChI=1S/C46H43ClF10N8O8S2/c1-42(2,20-58-41(68)69)17-34(67)65(74(70)71)18-32-36-30(47)9-8-27(38(36)64(61-32)21-44(50,51)52)26-7-6-25(10-11-43(3,4)75(5,72)73)59-37(26)31(14-22-12-23(48)15-24(49)13-22)60-33(66)19-63-40-35(39(62-63)46(55,56)57)28-16-29(28)45(40,53)54/h6-9,12-13,15,28-29,31,58H,14,16-21H2,1-5H3,(H,60,66)(H,68,69)(H,70,71)/p-1/t28-,29+,31-/m0/s1. The third kappa shape index (κ3) is 12.2. The van der Waals surface area contributed by atoms with E-state index < -0.39 is 163 Å². The van der Waals surface area contributed by atoms with Gasteiger partial charge >= 0.3 is 18.4 Å². The molecule has 3 aromatic heterocycles. The quantitative estimate of drug-likeness (QED) is 0.0487. The van der Waals surface area contributed by atoms with E-state index in [1.807, 2.05) is 0 Å². The van der Waals surface area contributed by atoms with Gasteiger partial charge in [-0.3, -0.25) is 27.5 Å². The zero-order valence-electron chi connectivity index (χ0n) is 39.7. The smallest absolute Gasteiger partial charge is 0.435 e. The van der Waals surface area contributed by atoms with Crippen LogP contribution in [0.5, 0.6) is 0 Å². The summed E-state index contributed by atoms with van der Waals surface area (Å²) in [4.78, 5) is 43.4. The molecule has 1 fully saturated rings. The van der Waals surface area contributed by atoms with Crippen molar-refractivity contribution in [3.05, 3.63) is 98.7 Å². The molecule has 3 amide bonds. The summed E-state index contributed by atoms with van der Waals surface area (Å²) >= 11 is 3.23. The highest BCUT2D eigenvalue weighted by molar-refractivity contribution is 7.92. The number of carbonyl (C=O) groups is 3. The maximum absolute atomic E-state index is 15.6. The van der Waals surface area contributed by atoms with Crippen LogP contribution in [0.1, 0.15) is 92.1 Å². The van der Waals surface area contributed by atoms with Crippen molar-refractivity contribution in [3.63, 3.8) is 0 Å². The third-order valence-corrected chi connectivity index (χ3v) is 15.5. The second-order valence-electron chi connectivity index (χ2n) is 19.3. The van der Waals surface area contributed by atoms with E-state index in [1.54, 1.807) is 0 Å². The third-order valence-electron chi connectivity index (χ3n) is 12.5. The Morgan fingerprint density at radius 1 is 1.00 bits per heavy atom. The van der Waals surface area contributed by atoms with Gasteiger partial charge in [-0.25, -0.2) is 27.0 Å². The SMILES string of the molecule is CC(C)(CNC(=O)O)CC(=O)N(Cc1nn(CC(F)(F)F)c2c(-c3ccc(C#CC(C)(C)S(C)(=O)=O)nc3[C@H](Cc3cc(F)cc(F)c3)NC(=O)Cn3nc(C(F)(F)F)c4c3C(F)(F)[C@@H]3C[C@H]43)ccc(Cl)c12)S(=O)[O-]. The number of fused-ring (bicyclic) bond motifs is 4. The van der Waals surface area contributed by atoms with Crippen LogP contribution < -0.4 is 10.6 Å². The number of alkyl halides is 8. The Hall–Kier alpha value is -6.31. The van der Waals surface area contributed by atoms with Gasteiger partial charge in [0, 0.05) is 53.3 Å². The summed E-state index contributed by atoms with van der Waals surface area (Å²) in [5, 5.41) is 20.3. The maximum Gasteiger partial charge on any atom is 0.435 e. The number of pyridine rings is 1. The van der Waals surface area contributed by atoms with E-state index in [9.17, 15) is 66.7 Å². The van der Waals surface area contributed by atoms with Crippen LogP contribution in [0.2, 0.25) is 5.02 Å². The first-order valence-corrected chi connectivity index (χ1v) is 25.4. The average Bonchev–Trinajstić information content (AvgIpc) is 3.78. The highest BCUT2D eigenvalue weighted by Gasteiger charge is 2.68. The van der Waals surface area contributed by atoms with Crippen molar-refractivity contribution < 1.29 is 80.6 Å².